The number of rotatable bonds is 6. The number of hydrogen-bond donors (Lipinski definition) is 8. The summed E-state index contributed by atoms with van der Waals surface area (Å²) in [5, 5.41) is 19.7. The summed E-state index contributed by atoms with van der Waals surface area (Å²) in [5.74, 6) is 2.57. The molecule has 0 saturated carbocycles. The average Bonchev–Trinajstić information content (AvgIpc) is 2.89. The van der Waals surface area contributed by atoms with Crippen molar-refractivity contribution in [3.63, 3.8) is 0 Å². The standard InChI is InChI=1S/2C11H15N3O3.H2O4S/c2*12-11(13)14-6-8(15)7-1-2-9-10(5-7)17-4-3-16-9;1-5(2,3)4/h2*1-2,5,8,15H,3-4,6H2,(H4,12,13,14);(H2,1,2,3,4). The zero-order chi connectivity index (χ0) is 29.0. The molecule has 2 heterocycles. The third kappa shape index (κ3) is 11.9. The molecule has 2 atom stereocenters. The summed E-state index contributed by atoms with van der Waals surface area (Å²) in [5.41, 5.74) is 22.2. The van der Waals surface area contributed by atoms with Crippen LogP contribution in [0.3, 0.4) is 0 Å². The fourth-order valence-electron chi connectivity index (χ4n) is 3.13. The number of nitrogens with zero attached hydrogens (tertiary/aromatic N) is 2. The first-order valence-electron chi connectivity index (χ1n) is 11.3. The topological polar surface area (TPSA) is 281 Å². The molecule has 0 fully saturated rings. The first kappa shape index (κ1) is 31.2. The van der Waals surface area contributed by atoms with E-state index in [2.05, 4.69) is 9.98 Å². The van der Waals surface area contributed by atoms with Gasteiger partial charge in [0.15, 0.2) is 34.9 Å². The lowest BCUT2D eigenvalue weighted by Crippen LogP contribution is -2.23. The minimum absolute atomic E-state index is 0.0402. The quantitative estimate of drug-likeness (QED) is 0.116. The molecule has 0 amide bonds. The number of aliphatic hydroxyl groups excluding tert-OH is 2. The van der Waals surface area contributed by atoms with Gasteiger partial charge in [-0.3, -0.25) is 19.1 Å². The van der Waals surface area contributed by atoms with Gasteiger partial charge >= 0.3 is 10.4 Å². The molecular weight excluding hydrogens is 540 g/mol. The van der Waals surface area contributed by atoms with E-state index in [0.717, 1.165) is 0 Å². The summed E-state index contributed by atoms with van der Waals surface area (Å²) in [6.07, 6.45) is -1.51. The van der Waals surface area contributed by atoms with Crippen LogP contribution < -0.4 is 41.9 Å². The number of guanidine groups is 2. The first-order valence-corrected chi connectivity index (χ1v) is 12.7. The fourth-order valence-corrected chi connectivity index (χ4v) is 3.13. The van der Waals surface area contributed by atoms with E-state index in [0.29, 0.717) is 60.6 Å². The van der Waals surface area contributed by atoms with Crippen molar-refractivity contribution >= 4 is 22.3 Å². The van der Waals surface area contributed by atoms with E-state index in [1.165, 1.54) is 0 Å². The number of aliphatic imine (C=N–C) groups is 2. The minimum Gasteiger partial charge on any atom is -0.486 e. The largest absolute Gasteiger partial charge is 0.486 e. The molecule has 16 nitrogen and oxygen atoms in total. The van der Waals surface area contributed by atoms with E-state index >= 15 is 0 Å². The van der Waals surface area contributed by atoms with Crippen LogP contribution in [0.4, 0.5) is 0 Å². The van der Waals surface area contributed by atoms with Gasteiger partial charge in [0.25, 0.3) is 0 Å². The Balaban J connectivity index is 0.000000234. The van der Waals surface area contributed by atoms with Crippen LogP contribution in [0.2, 0.25) is 0 Å². The molecule has 0 aliphatic carbocycles. The molecule has 4 rings (SSSR count). The molecule has 2 aliphatic heterocycles. The Morgan fingerprint density at radius 3 is 1.31 bits per heavy atom. The van der Waals surface area contributed by atoms with E-state index in [1.807, 2.05) is 0 Å². The van der Waals surface area contributed by atoms with Crippen LogP contribution in [-0.4, -0.2) is 79.2 Å². The van der Waals surface area contributed by atoms with Crippen molar-refractivity contribution in [1.29, 1.82) is 0 Å². The van der Waals surface area contributed by atoms with Crippen molar-refractivity contribution in [1.82, 2.24) is 0 Å². The van der Waals surface area contributed by atoms with Crippen LogP contribution >= 0.6 is 0 Å². The molecule has 216 valence electrons. The lowest BCUT2D eigenvalue weighted by Gasteiger charge is -2.19. The van der Waals surface area contributed by atoms with Crippen LogP contribution in [0.15, 0.2) is 46.4 Å². The summed E-state index contributed by atoms with van der Waals surface area (Å²) in [6, 6.07) is 10.5. The van der Waals surface area contributed by atoms with Crippen LogP contribution in [0, 0.1) is 0 Å². The Bertz CT molecular complexity index is 1160. The molecular formula is C22H32N6O10S. The Morgan fingerprint density at radius 2 is 1.00 bits per heavy atom. The zero-order valence-electron chi connectivity index (χ0n) is 20.7. The summed E-state index contributed by atoms with van der Waals surface area (Å²) < 4.78 is 53.2. The third-order valence-corrected chi connectivity index (χ3v) is 4.80. The minimum atomic E-state index is -4.67. The molecule has 2 aliphatic rings. The van der Waals surface area contributed by atoms with Crippen LogP contribution in [0.25, 0.3) is 0 Å². The van der Waals surface area contributed by atoms with Gasteiger partial charge < -0.3 is 52.1 Å². The lowest BCUT2D eigenvalue weighted by atomic mass is 10.1. The maximum atomic E-state index is 9.86. The van der Waals surface area contributed by atoms with Gasteiger partial charge in [0.1, 0.15) is 26.4 Å². The van der Waals surface area contributed by atoms with Crippen molar-refractivity contribution in [2.75, 3.05) is 39.5 Å². The third-order valence-electron chi connectivity index (χ3n) is 4.80. The molecule has 39 heavy (non-hydrogen) atoms. The zero-order valence-corrected chi connectivity index (χ0v) is 21.5. The average molecular weight is 573 g/mol. The predicted molar refractivity (Wildman–Crippen MR) is 140 cm³/mol. The second-order valence-corrected chi connectivity index (χ2v) is 8.71. The van der Waals surface area contributed by atoms with Crippen molar-refractivity contribution in [2.24, 2.45) is 32.9 Å². The van der Waals surface area contributed by atoms with Gasteiger partial charge in [0.05, 0.1) is 25.3 Å². The number of hydrogen-bond acceptors (Lipinski definition) is 10. The van der Waals surface area contributed by atoms with Gasteiger partial charge in [-0.2, -0.15) is 8.42 Å². The molecule has 2 aromatic rings. The van der Waals surface area contributed by atoms with E-state index < -0.39 is 22.6 Å². The highest BCUT2D eigenvalue weighted by Gasteiger charge is 2.16. The fraction of sp³-hybridized carbons (Fsp3) is 0.364. The highest BCUT2D eigenvalue weighted by Crippen LogP contribution is 2.33. The summed E-state index contributed by atoms with van der Waals surface area (Å²) >= 11 is 0. The van der Waals surface area contributed by atoms with Gasteiger partial charge in [0, 0.05) is 0 Å². The van der Waals surface area contributed by atoms with Gasteiger partial charge in [-0.1, -0.05) is 12.1 Å². The van der Waals surface area contributed by atoms with Gasteiger partial charge in [-0.15, -0.1) is 0 Å². The monoisotopic (exact) mass is 572 g/mol. The molecule has 2 unspecified atom stereocenters. The number of ether oxygens (including phenoxy) is 4. The van der Waals surface area contributed by atoms with Crippen LogP contribution in [0.5, 0.6) is 23.0 Å². The highest BCUT2D eigenvalue weighted by molar-refractivity contribution is 7.79. The molecule has 0 bridgehead atoms. The number of nitrogens with two attached hydrogens (primary N) is 4. The second-order valence-electron chi connectivity index (χ2n) is 7.82. The summed E-state index contributed by atoms with van der Waals surface area (Å²) in [4.78, 5) is 7.53. The Kier molecular flexibility index (Phi) is 11.8. The van der Waals surface area contributed by atoms with Crippen LogP contribution in [-0.2, 0) is 10.4 Å². The smallest absolute Gasteiger partial charge is 0.394 e. The van der Waals surface area contributed by atoms with Crippen molar-refractivity contribution < 1.29 is 46.7 Å². The maximum Gasteiger partial charge on any atom is 0.394 e. The summed E-state index contributed by atoms with van der Waals surface area (Å²) in [7, 11) is -4.67. The normalized spacial score (nSPS) is 14.7. The molecule has 17 heteroatoms. The maximum absolute atomic E-state index is 9.86. The highest BCUT2D eigenvalue weighted by atomic mass is 32.3. The second kappa shape index (κ2) is 14.8. The lowest BCUT2D eigenvalue weighted by molar-refractivity contribution is 0.166. The van der Waals surface area contributed by atoms with Crippen molar-refractivity contribution in [3.8, 4) is 23.0 Å². The predicted octanol–water partition coefficient (Wildman–Crippen LogP) is -1.12. The Labute approximate surface area is 224 Å². The molecule has 0 aromatic heterocycles. The van der Waals surface area contributed by atoms with Gasteiger partial charge in [0.2, 0.25) is 0 Å². The molecule has 2 aromatic carbocycles. The van der Waals surface area contributed by atoms with Gasteiger partial charge in [-0.05, 0) is 35.4 Å². The number of aliphatic hydroxyl groups is 2. The number of fused-ring (bicyclic) bond motifs is 2. The first-order chi connectivity index (χ1) is 18.3. The van der Waals surface area contributed by atoms with Crippen LogP contribution in [0.1, 0.15) is 23.3 Å². The van der Waals surface area contributed by atoms with E-state index in [9.17, 15) is 10.2 Å². The molecule has 12 N–H and O–H groups in total. The Hall–Kier alpha value is -4.03. The van der Waals surface area contributed by atoms with E-state index in [-0.39, 0.29) is 25.0 Å². The van der Waals surface area contributed by atoms with E-state index in [1.54, 1.807) is 36.4 Å². The van der Waals surface area contributed by atoms with Crippen molar-refractivity contribution in [2.45, 2.75) is 12.2 Å². The van der Waals surface area contributed by atoms with E-state index in [4.69, 9.17) is 59.4 Å². The molecule has 0 saturated heterocycles. The Morgan fingerprint density at radius 1 is 0.692 bits per heavy atom. The van der Waals surface area contributed by atoms with Gasteiger partial charge in [-0.25, -0.2) is 0 Å². The molecule has 0 radical (unpaired) electrons. The molecule has 0 spiro atoms. The SMILES string of the molecule is NC(N)=NCC(O)c1ccc2c(c1)OCCO2.NC(N)=NCC(O)c1ccc2c(c1)OCCO2.O=S(=O)(O)O. The summed E-state index contributed by atoms with van der Waals surface area (Å²) in [6.45, 7) is 2.37. The van der Waals surface area contributed by atoms with Crippen molar-refractivity contribution in [3.05, 3.63) is 47.5 Å². The number of benzene rings is 2.